The molecule has 12 nitrogen and oxygen atoms in total. The zero-order chi connectivity index (χ0) is 40.9. The summed E-state index contributed by atoms with van der Waals surface area (Å²) < 4.78 is 0. The molecule has 0 bridgehead atoms. The summed E-state index contributed by atoms with van der Waals surface area (Å²) in [6, 6.07) is -2.20. The largest absolute Gasteiger partial charge is 0.480 e. The highest BCUT2D eigenvalue weighted by molar-refractivity contribution is 5.93. The molecule has 0 radical (unpaired) electrons. The minimum absolute atomic E-state index is 0.0608. The SMILES string of the molecule is CC1(C)CC[C@]2(C(=O)NCC(=O)N[C@@H](Cc3cnc[nH]3)C(=O)N[C@@H](CCCCN)C(=O)O)CC[C@]3(C)C(=CC[C@@H]4[C@@]5(C)CC[C@H](O)C(C)(C)[C@@H]5CC[C@]43C)[C@@H]2C1. The lowest BCUT2D eigenvalue weighted by Gasteiger charge is -2.71. The molecule has 5 aliphatic rings. The number of hydrogen-bond donors (Lipinski definition) is 7. The number of aliphatic hydroxyl groups excluding tert-OH is 1. The van der Waals surface area contributed by atoms with Gasteiger partial charge in [0.1, 0.15) is 12.1 Å². The lowest BCUT2D eigenvalue weighted by Crippen LogP contribution is -2.65. The van der Waals surface area contributed by atoms with Gasteiger partial charge in [-0.3, -0.25) is 14.4 Å². The van der Waals surface area contributed by atoms with Gasteiger partial charge in [-0.2, -0.15) is 0 Å². The summed E-state index contributed by atoms with van der Waals surface area (Å²) in [6.07, 6.45) is 16.1. The normalized spacial score (nSPS) is 36.6. The summed E-state index contributed by atoms with van der Waals surface area (Å²) in [7, 11) is 0. The first-order valence-corrected chi connectivity index (χ1v) is 21.4. The van der Waals surface area contributed by atoms with Crippen LogP contribution in [0, 0.1) is 50.2 Å². The van der Waals surface area contributed by atoms with E-state index in [0.29, 0.717) is 36.9 Å². The van der Waals surface area contributed by atoms with Crippen LogP contribution in [0.5, 0.6) is 0 Å². The van der Waals surface area contributed by atoms with Crippen LogP contribution in [-0.4, -0.2) is 75.1 Å². The predicted octanol–water partition coefficient (Wildman–Crippen LogP) is 5.41. The van der Waals surface area contributed by atoms with Crippen LogP contribution in [0.1, 0.15) is 138 Å². The van der Waals surface area contributed by atoms with Gasteiger partial charge in [0, 0.05) is 18.3 Å². The lowest BCUT2D eigenvalue weighted by molar-refractivity contribution is -0.203. The number of nitrogens with zero attached hydrogens (tertiary/aromatic N) is 1. The van der Waals surface area contributed by atoms with Crippen molar-refractivity contribution in [1.29, 1.82) is 0 Å². The Kier molecular flexibility index (Phi) is 11.7. The van der Waals surface area contributed by atoms with Crippen LogP contribution < -0.4 is 21.7 Å². The molecule has 0 aliphatic heterocycles. The number of carboxylic acids is 1. The second kappa shape index (κ2) is 15.5. The van der Waals surface area contributed by atoms with E-state index in [-0.39, 0.29) is 64.4 Å². The Bertz CT molecular complexity index is 1670. The van der Waals surface area contributed by atoms with Crippen molar-refractivity contribution in [3.05, 3.63) is 29.9 Å². The highest BCUT2D eigenvalue weighted by Crippen LogP contribution is 2.75. The zero-order valence-corrected chi connectivity index (χ0v) is 35.1. The van der Waals surface area contributed by atoms with Crippen LogP contribution in [0.3, 0.4) is 0 Å². The summed E-state index contributed by atoms with van der Waals surface area (Å²) in [5.41, 5.74) is 7.10. The molecule has 3 amide bonds. The number of aromatic nitrogens is 2. The number of H-pyrrole nitrogens is 1. The number of imidazole rings is 1. The van der Waals surface area contributed by atoms with Crippen LogP contribution in [0.15, 0.2) is 24.2 Å². The van der Waals surface area contributed by atoms with E-state index in [1.165, 1.54) is 11.9 Å². The van der Waals surface area contributed by atoms with E-state index in [9.17, 15) is 29.4 Å². The van der Waals surface area contributed by atoms with Crippen molar-refractivity contribution in [2.75, 3.05) is 13.1 Å². The van der Waals surface area contributed by atoms with Crippen LogP contribution in [-0.2, 0) is 25.6 Å². The molecule has 4 saturated carbocycles. The molecule has 312 valence electrons. The summed E-state index contributed by atoms with van der Waals surface area (Å²) in [5, 5.41) is 29.3. The smallest absolute Gasteiger partial charge is 0.326 e. The number of carboxylic acid groups (broad SMARTS) is 1. The average Bonchev–Trinajstić information content (AvgIpc) is 3.65. The second-order valence-electron chi connectivity index (χ2n) is 20.5. The Hall–Kier alpha value is -3.25. The van der Waals surface area contributed by atoms with Crippen molar-refractivity contribution in [1.82, 2.24) is 25.9 Å². The van der Waals surface area contributed by atoms with Gasteiger partial charge >= 0.3 is 5.97 Å². The molecular weight excluding hydrogens is 709 g/mol. The van der Waals surface area contributed by atoms with E-state index >= 15 is 0 Å². The number of carbonyl (C=O) groups is 4. The third kappa shape index (κ3) is 7.35. The Morgan fingerprint density at radius 3 is 2.34 bits per heavy atom. The highest BCUT2D eigenvalue weighted by atomic mass is 16.4. The number of amides is 3. The first-order valence-electron chi connectivity index (χ1n) is 21.4. The molecule has 0 saturated heterocycles. The zero-order valence-electron chi connectivity index (χ0n) is 35.1. The third-order valence-electron chi connectivity index (χ3n) is 16.7. The molecule has 12 heteroatoms. The van der Waals surface area contributed by atoms with Crippen LogP contribution in [0.25, 0.3) is 0 Å². The Balaban J connectivity index is 1.20. The molecular formula is C44H70N6O6. The summed E-state index contributed by atoms with van der Waals surface area (Å²) >= 11 is 0. The van der Waals surface area contributed by atoms with Gasteiger partial charge in [-0.25, -0.2) is 9.78 Å². The van der Waals surface area contributed by atoms with Crippen LogP contribution in [0.4, 0.5) is 0 Å². The fourth-order valence-corrected chi connectivity index (χ4v) is 13.1. The number of nitrogens with one attached hydrogen (secondary N) is 4. The lowest BCUT2D eigenvalue weighted by atomic mass is 9.33. The van der Waals surface area contributed by atoms with Gasteiger partial charge in [0.05, 0.1) is 24.4 Å². The van der Waals surface area contributed by atoms with Gasteiger partial charge in [0.25, 0.3) is 0 Å². The maximum atomic E-state index is 14.7. The molecule has 1 aromatic rings. The van der Waals surface area contributed by atoms with Crippen molar-refractivity contribution < 1.29 is 29.4 Å². The topological polar surface area (TPSA) is 200 Å². The fourth-order valence-electron chi connectivity index (χ4n) is 13.1. The first-order chi connectivity index (χ1) is 26.2. The quantitative estimate of drug-likeness (QED) is 0.102. The van der Waals surface area contributed by atoms with Crippen molar-refractivity contribution in [2.45, 2.75) is 157 Å². The van der Waals surface area contributed by atoms with Gasteiger partial charge in [-0.1, -0.05) is 60.1 Å². The minimum atomic E-state index is -1.15. The van der Waals surface area contributed by atoms with Crippen molar-refractivity contribution >= 4 is 23.7 Å². The number of fused-ring (bicyclic) bond motifs is 7. The van der Waals surface area contributed by atoms with E-state index in [4.69, 9.17) is 5.73 Å². The third-order valence-corrected chi connectivity index (χ3v) is 16.7. The van der Waals surface area contributed by atoms with E-state index in [1.807, 2.05) is 0 Å². The molecule has 56 heavy (non-hydrogen) atoms. The number of nitrogens with two attached hydrogens (primary N) is 1. The second-order valence-corrected chi connectivity index (χ2v) is 20.5. The number of aromatic amines is 1. The van der Waals surface area contributed by atoms with Crippen molar-refractivity contribution in [3.8, 4) is 0 Å². The molecule has 1 heterocycles. The van der Waals surface area contributed by atoms with Gasteiger partial charge in [-0.15, -0.1) is 0 Å². The first kappa shape index (κ1) is 42.4. The number of allylic oxidation sites excluding steroid dienone is 2. The van der Waals surface area contributed by atoms with Gasteiger partial charge in [-0.05, 0) is 135 Å². The molecule has 5 aliphatic carbocycles. The van der Waals surface area contributed by atoms with E-state index in [1.54, 1.807) is 6.20 Å². The molecule has 0 spiro atoms. The monoisotopic (exact) mass is 779 g/mol. The predicted molar refractivity (Wildman–Crippen MR) is 215 cm³/mol. The number of aliphatic hydroxyl groups is 1. The van der Waals surface area contributed by atoms with Gasteiger partial charge in [0.2, 0.25) is 17.7 Å². The average molecular weight is 779 g/mol. The van der Waals surface area contributed by atoms with E-state index < -0.39 is 35.3 Å². The minimum Gasteiger partial charge on any atom is -0.480 e. The number of unbranched alkanes of at least 4 members (excludes halogenated alkanes) is 1. The molecule has 4 fully saturated rings. The number of aliphatic carboxylic acids is 1. The Morgan fingerprint density at radius 2 is 1.66 bits per heavy atom. The molecule has 8 N–H and O–H groups in total. The van der Waals surface area contributed by atoms with Gasteiger partial charge in [0.15, 0.2) is 0 Å². The summed E-state index contributed by atoms with van der Waals surface area (Å²) in [6.45, 7) is 16.9. The maximum absolute atomic E-state index is 14.7. The molecule has 10 atom stereocenters. The number of rotatable bonds is 13. The standard InChI is InChI=1S/C44H70N6O6/c1-39(2)17-19-44(38(56)47-25-35(52)49-31(22-27-24-46-26-48-27)36(53)50-30(37(54)55)10-8-9-21-45)20-18-42(6)28(29(44)23-39)11-12-33-41(5)15-14-34(51)40(3,4)32(41)13-16-43(33,42)7/h11,24,26,29-34,51H,8-10,12-23,25,45H2,1-7H3,(H,46,48)(H,47,56)(H,49,52)(H,50,53)(H,54,55)/t29-,30-,31-,32-,33+,34-,41-,42+,43+,44-/m0/s1. The van der Waals surface area contributed by atoms with E-state index in [0.717, 1.165) is 64.2 Å². The van der Waals surface area contributed by atoms with Crippen LogP contribution in [0.2, 0.25) is 0 Å². The molecule has 0 unspecified atom stereocenters. The Morgan fingerprint density at radius 1 is 0.929 bits per heavy atom. The summed E-state index contributed by atoms with van der Waals surface area (Å²) in [4.78, 5) is 60.6. The number of carbonyl (C=O) groups excluding carboxylic acids is 3. The fraction of sp³-hybridized carbons (Fsp3) is 0.795. The Labute approximate surface area is 333 Å². The molecule has 0 aromatic carbocycles. The molecule has 1 aromatic heterocycles. The highest BCUT2D eigenvalue weighted by Gasteiger charge is 2.69. The summed E-state index contributed by atoms with van der Waals surface area (Å²) in [5.74, 6) is -1.36. The number of hydrogen-bond acceptors (Lipinski definition) is 7. The van der Waals surface area contributed by atoms with Crippen LogP contribution >= 0.6 is 0 Å². The van der Waals surface area contributed by atoms with Crippen molar-refractivity contribution in [3.63, 3.8) is 0 Å². The molecule has 6 rings (SSSR count). The van der Waals surface area contributed by atoms with E-state index in [2.05, 4.69) is 80.5 Å². The van der Waals surface area contributed by atoms with Gasteiger partial charge < -0.3 is 36.9 Å². The maximum Gasteiger partial charge on any atom is 0.326 e. The van der Waals surface area contributed by atoms with Crippen molar-refractivity contribution in [2.24, 2.45) is 56.0 Å².